The van der Waals surface area contributed by atoms with Crippen molar-refractivity contribution in [2.75, 3.05) is 52.8 Å². The Morgan fingerprint density at radius 1 is 1.29 bits per heavy atom. The Labute approximate surface area is 166 Å². The Morgan fingerprint density at radius 2 is 2.00 bits per heavy atom. The summed E-state index contributed by atoms with van der Waals surface area (Å²) in [5.74, 6) is -1.09. The molecule has 1 aromatic rings. The molecule has 0 bridgehead atoms. The molecule has 0 aliphatic carbocycles. The highest BCUT2D eigenvalue weighted by Gasteiger charge is 2.33. The summed E-state index contributed by atoms with van der Waals surface area (Å²) >= 11 is 0. The van der Waals surface area contributed by atoms with Crippen molar-refractivity contribution < 1.29 is 22.7 Å². The fraction of sp³-hybridized carbons (Fsp3) is 0.556. The molecule has 0 radical (unpaired) electrons. The van der Waals surface area contributed by atoms with E-state index in [0.29, 0.717) is 43.8 Å². The van der Waals surface area contributed by atoms with Gasteiger partial charge >= 0.3 is 0 Å². The number of piperidine rings is 1. The van der Waals surface area contributed by atoms with E-state index in [1.165, 1.54) is 18.4 Å². The molecule has 0 aromatic heterocycles. The number of methoxy groups -OCH3 is 1. The summed E-state index contributed by atoms with van der Waals surface area (Å²) in [4.78, 5) is 25.1. The van der Waals surface area contributed by atoms with Crippen LogP contribution in [0, 0.1) is 5.92 Å². The molecule has 28 heavy (non-hydrogen) atoms. The van der Waals surface area contributed by atoms with Gasteiger partial charge < -0.3 is 15.4 Å². The first kappa shape index (κ1) is 22.3. The molecule has 2 rings (SSSR count). The summed E-state index contributed by atoms with van der Waals surface area (Å²) in [5.41, 5.74) is 0.746. The number of anilines is 1. The van der Waals surface area contributed by atoms with Gasteiger partial charge in [0.15, 0.2) is 0 Å². The van der Waals surface area contributed by atoms with Crippen molar-refractivity contribution in [3.05, 3.63) is 29.8 Å². The molecule has 10 heteroatoms. The van der Waals surface area contributed by atoms with Gasteiger partial charge in [0.1, 0.15) is 0 Å². The number of ether oxygens (including phenoxy) is 1. The molecule has 1 saturated heterocycles. The third kappa shape index (κ3) is 5.51. The molecule has 1 aromatic carbocycles. The second-order valence-electron chi connectivity index (χ2n) is 6.77. The van der Waals surface area contributed by atoms with Gasteiger partial charge in [0.05, 0.1) is 23.8 Å². The number of para-hydroxylation sites is 1. The molecule has 9 nitrogen and oxygen atoms in total. The van der Waals surface area contributed by atoms with Gasteiger partial charge in [-0.15, -0.1) is 0 Å². The highest BCUT2D eigenvalue weighted by atomic mass is 32.2. The zero-order valence-corrected chi connectivity index (χ0v) is 17.3. The third-order valence-electron chi connectivity index (χ3n) is 4.56. The average Bonchev–Trinajstić information content (AvgIpc) is 2.68. The number of benzene rings is 1. The minimum atomic E-state index is -3.56. The molecule has 1 heterocycles. The summed E-state index contributed by atoms with van der Waals surface area (Å²) in [7, 11) is 0.922. The van der Waals surface area contributed by atoms with Crippen molar-refractivity contribution in [3.8, 4) is 0 Å². The monoisotopic (exact) mass is 412 g/mol. The lowest BCUT2D eigenvalue weighted by atomic mass is 9.98. The standard InChI is InChI=1S/C18H28N4O5S/c1-21(2)28(25,26)22-11-6-7-14(13-22)17(23)20-16-9-5-4-8-15(16)18(24)19-10-12-27-3/h4-5,8-9,14H,6-7,10-13H2,1-3H3,(H,19,24)(H,20,23)/t14-/m0/s1. The van der Waals surface area contributed by atoms with E-state index in [0.717, 1.165) is 4.31 Å². The fourth-order valence-corrected chi connectivity index (χ4v) is 4.17. The minimum Gasteiger partial charge on any atom is -0.383 e. The van der Waals surface area contributed by atoms with E-state index in [9.17, 15) is 18.0 Å². The number of nitrogens with one attached hydrogen (secondary N) is 2. The molecule has 0 unspecified atom stereocenters. The Hall–Kier alpha value is -2.01. The number of carbonyl (C=O) groups excluding carboxylic acids is 2. The molecular weight excluding hydrogens is 384 g/mol. The molecular formula is C18H28N4O5S. The van der Waals surface area contributed by atoms with Crippen LogP contribution in [0.2, 0.25) is 0 Å². The van der Waals surface area contributed by atoms with Crippen LogP contribution >= 0.6 is 0 Å². The average molecular weight is 413 g/mol. The highest BCUT2D eigenvalue weighted by Crippen LogP contribution is 2.23. The van der Waals surface area contributed by atoms with Crippen molar-refractivity contribution in [1.82, 2.24) is 13.9 Å². The van der Waals surface area contributed by atoms with Crippen LogP contribution in [-0.2, 0) is 19.7 Å². The number of carbonyl (C=O) groups is 2. The lowest BCUT2D eigenvalue weighted by molar-refractivity contribution is -0.120. The van der Waals surface area contributed by atoms with Gasteiger partial charge in [0, 0.05) is 40.8 Å². The number of hydrogen-bond donors (Lipinski definition) is 2. The van der Waals surface area contributed by atoms with Crippen molar-refractivity contribution in [2.45, 2.75) is 12.8 Å². The number of amides is 2. The molecule has 1 aliphatic heterocycles. The van der Waals surface area contributed by atoms with Crippen LogP contribution in [0.1, 0.15) is 23.2 Å². The van der Waals surface area contributed by atoms with Gasteiger partial charge in [-0.1, -0.05) is 12.1 Å². The number of hydrogen-bond acceptors (Lipinski definition) is 5. The first-order chi connectivity index (χ1) is 13.3. The zero-order chi connectivity index (χ0) is 20.7. The van der Waals surface area contributed by atoms with Crippen molar-refractivity contribution in [1.29, 1.82) is 0 Å². The SMILES string of the molecule is COCCNC(=O)c1ccccc1NC(=O)[C@H]1CCCN(S(=O)(=O)N(C)C)C1. The van der Waals surface area contributed by atoms with E-state index < -0.39 is 16.1 Å². The smallest absolute Gasteiger partial charge is 0.281 e. The summed E-state index contributed by atoms with van der Waals surface area (Å²) in [5, 5.41) is 5.51. The highest BCUT2D eigenvalue weighted by molar-refractivity contribution is 7.86. The van der Waals surface area contributed by atoms with Crippen LogP contribution in [0.15, 0.2) is 24.3 Å². The number of nitrogens with zero attached hydrogens (tertiary/aromatic N) is 2. The van der Waals surface area contributed by atoms with Crippen LogP contribution in [0.25, 0.3) is 0 Å². The van der Waals surface area contributed by atoms with Gasteiger partial charge in [-0.05, 0) is 25.0 Å². The summed E-state index contributed by atoms with van der Waals surface area (Å²) < 4.78 is 32.1. The zero-order valence-electron chi connectivity index (χ0n) is 16.5. The predicted molar refractivity (Wildman–Crippen MR) is 106 cm³/mol. The van der Waals surface area contributed by atoms with Crippen LogP contribution in [0.4, 0.5) is 5.69 Å². The van der Waals surface area contributed by atoms with E-state index in [2.05, 4.69) is 10.6 Å². The summed E-state index contributed by atoms with van der Waals surface area (Å²) in [6.07, 6.45) is 1.19. The Kier molecular flexibility index (Phi) is 7.93. The fourth-order valence-electron chi connectivity index (χ4n) is 2.98. The molecule has 2 amide bonds. The van der Waals surface area contributed by atoms with Crippen LogP contribution < -0.4 is 10.6 Å². The van der Waals surface area contributed by atoms with Crippen LogP contribution in [-0.4, -0.2) is 76.3 Å². The third-order valence-corrected chi connectivity index (χ3v) is 6.47. The van der Waals surface area contributed by atoms with Gasteiger partial charge in [-0.2, -0.15) is 17.0 Å². The number of rotatable bonds is 8. The molecule has 0 spiro atoms. The van der Waals surface area contributed by atoms with Gasteiger partial charge in [-0.25, -0.2) is 0 Å². The second-order valence-corrected chi connectivity index (χ2v) is 8.91. The quantitative estimate of drug-likeness (QED) is 0.605. The van der Waals surface area contributed by atoms with E-state index in [4.69, 9.17) is 4.74 Å². The van der Waals surface area contributed by atoms with Gasteiger partial charge in [-0.3, -0.25) is 9.59 Å². The molecule has 1 fully saturated rings. The van der Waals surface area contributed by atoms with Crippen LogP contribution in [0.5, 0.6) is 0 Å². The predicted octanol–water partition coefficient (Wildman–Crippen LogP) is 0.520. The largest absolute Gasteiger partial charge is 0.383 e. The van der Waals surface area contributed by atoms with E-state index >= 15 is 0 Å². The maximum atomic E-state index is 12.7. The second kappa shape index (κ2) is 9.97. The molecule has 156 valence electrons. The Balaban J connectivity index is 2.07. The topological polar surface area (TPSA) is 108 Å². The van der Waals surface area contributed by atoms with Crippen molar-refractivity contribution >= 4 is 27.7 Å². The Bertz CT molecular complexity index is 797. The normalized spacial score (nSPS) is 18.1. The molecule has 2 N–H and O–H groups in total. The first-order valence-electron chi connectivity index (χ1n) is 9.12. The Morgan fingerprint density at radius 3 is 2.68 bits per heavy atom. The minimum absolute atomic E-state index is 0.120. The first-order valence-corrected chi connectivity index (χ1v) is 10.5. The van der Waals surface area contributed by atoms with Crippen LogP contribution in [0.3, 0.4) is 0 Å². The van der Waals surface area contributed by atoms with Gasteiger partial charge in [0.2, 0.25) is 5.91 Å². The van der Waals surface area contributed by atoms with Gasteiger partial charge in [0.25, 0.3) is 16.1 Å². The van der Waals surface area contributed by atoms with E-state index in [1.807, 2.05) is 0 Å². The van der Waals surface area contributed by atoms with Crippen molar-refractivity contribution in [3.63, 3.8) is 0 Å². The summed E-state index contributed by atoms with van der Waals surface area (Å²) in [6, 6.07) is 6.72. The molecule has 1 aliphatic rings. The molecule has 0 saturated carbocycles. The maximum Gasteiger partial charge on any atom is 0.281 e. The summed E-state index contributed by atoms with van der Waals surface area (Å²) in [6.45, 7) is 1.26. The van der Waals surface area contributed by atoms with E-state index in [-0.39, 0.29) is 18.4 Å². The maximum absolute atomic E-state index is 12.7. The van der Waals surface area contributed by atoms with E-state index in [1.54, 1.807) is 31.4 Å². The molecule has 1 atom stereocenters. The lowest BCUT2D eigenvalue weighted by Gasteiger charge is -2.32. The lowest BCUT2D eigenvalue weighted by Crippen LogP contribution is -2.47. The van der Waals surface area contributed by atoms with Crippen molar-refractivity contribution in [2.24, 2.45) is 5.92 Å².